The summed E-state index contributed by atoms with van der Waals surface area (Å²) in [7, 11) is 0. The monoisotopic (exact) mass is 173 g/mol. The van der Waals surface area contributed by atoms with Gasteiger partial charge in [0.1, 0.15) is 0 Å². The van der Waals surface area contributed by atoms with Crippen molar-refractivity contribution in [2.45, 2.75) is 6.92 Å². The fourth-order valence-electron chi connectivity index (χ4n) is 1.27. The molecule has 59 valence electrons. The molecule has 12 heavy (non-hydrogen) atoms. The number of aryl methyl sites for hydroxylation is 1. The Kier molecular flexibility index (Phi) is 1.96. The molecule has 0 N–H and O–H groups in total. The van der Waals surface area contributed by atoms with E-state index in [1.165, 1.54) is 16.7 Å². The molecule has 2 rings (SSSR count). The molecule has 1 aromatic heterocycles. The van der Waals surface area contributed by atoms with E-state index in [2.05, 4.69) is 41.9 Å². The summed E-state index contributed by atoms with van der Waals surface area (Å²) in [5.41, 5.74) is 3.91. The fraction of sp³-hybridized carbons (Fsp3) is 0.0909. The number of rotatable bonds is 1. The molecule has 1 heterocycles. The summed E-state index contributed by atoms with van der Waals surface area (Å²) in [4.78, 5) is 0. The first-order chi connectivity index (χ1) is 5.88. The van der Waals surface area contributed by atoms with Crippen LogP contribution in [0.25, 0.3) is 11.1 Å². The quantitative estimate of drug-likeness (QED) is 0.619. The first-order valence-corrected chi connectivity index (χ1v) is 4.76. The van der Waals surface area contributed by atoms with E-state index >= 15 is 0 Å². The van der Waals surface area contributed by atoms with Crippen molar-refractivity contribution in [1.82, 2.24) is 0 Å². The van der Waals surface area contributed by atoms with Crippen molar-refractivity contribution in [2.75, 3.05) is 0 Å². The lowest BCUT2D eigenvalue weighted by atomic mass is 10.0. The largest absolute Gasteiger partial charge is 0.142 e. The summed E-state index contributed by atoms with van der Waals surface area (Å²) in [6, 6.07) is 10.4. The Hall–Kier alpha value is -1.08. The highest BCUT2D eigenvalue weighted by Gasteiger charge is 1.99. The fourth-order valence-corrected chi connectivity index (χ4v) is 1.85. The second kappa shape index (κ2) is 3.11. The molecule has 0 aliphatic carbocycles. The first-order valence-electron chi connectivity index (χ1n) is 3.88. The third-order valence-electron chi connectivity index (χ3n) is 1.92. The number of benzene rings is 1. The Morgan fingerprint density at radius 1 is 1.25 bits per heavy atom. The molecule has 0 saturated carbocycles. The molecule has 1 radical (unpaired) electrons. The maximum atomic E-state index is 3.10. The average molecular weight is 173 g/mol. The second-order valence-corrected chi connectivity index (χ2v) is 3.48. The molecular formula is C11H9S. The van der Waals surface area contributed by atoms with E-state index in [-0.39, 0.29) is 0 Å². The van der Waals surface area contributed by atoms with Gasteiger partial charge in [0.15, 0.2) is 0 Å². The Morgan fingerprint density at radius 2 is 2.08 bits per heavy atom. The Balaban J connectivity index is 2.55. The van der Waals surface area contributed by atoms with Gasteiger partial charge in [0.05, 0.1) is 0 Å². The first kappa shape index (κ1) is 7.56. The van der Waals surface area contributed by atoms with Gasteiger partial charge in [-0.15, -0.1) is 11.3 Å². The maximum absolute atomic E-state index is 3.10. The highest BCUT2D eigenvalue weighted by molar-refractivity contribution is 7.07. The van der Waals surface area contributed by atoms with Crippen LogP contribution in [0.4, 0.5) is 0 Å². The van der Waals surface area contributed by atoms with Gasteiger partial charge >= 0.3 is 0 Å². The van der Waals surface area contributed by atoms with Crippen LogP contribution in [0, 0.1) is 12.3 Å². The lowest BCUT2D eigenvalue weighted by Gasteiger charge is -2.00. The molecule has 1 heteroatoms. The zero-order chi connectivity index (χ0) is 8.39. The number of thiophene rings is 1. The Morgan fingerprint density at radius 3 is 2.75 bits per heavy atom. The Bertz CT molecular complexity index is 360. The minimum absolute atomic E-state index is 1.28. The lowest BCUT2D eigenvalue weighted by molar-refractivity contribution is 1.47. The summed E-state index contributed by atoms with van der Waals surface area (Å²) in [6.45, 7) is 2.13. The van der Waals surface area contributed by atoms with Crippen LogP contribution in [0.1, 0.15) is 5.56 Å². The van der Waals surface area contributed by atoms with E-state index in [9.17, 15) is 0 Å². The average Bonchev–Trinajstić information content (AvgIpc) is 2.57. The molecule has 0 saturated heterocycles. The van der Waals surface area contributed by atoms with E-state index in [1.807, 2.05) is 6.07 Å². The zero-order valence-corrected chi connectivity index (χ0v) is 7.69. The highest BCUT2D eigenvalue weighted by Crippen LogP contribution is 2.24. The van der Waals surface area contributed by atoms with Crippen LogP contribution in [0.3, 0.4) is 0 Å². The number of hydrogen-bond donors (Lipinski definition) is 0. The molecule has 0 unspecified atom stereocenters. The van der Waals surface area contributed by atoms with Gasteiger partial charge in [0.25, 0.3) is 0 Å². The minimum atomic E-state index is 1.28. The predicted molar refractivity (Wildman–Crippen MR) is 53.3 cm³/mol. The normalized spacial score (nSPS) is 10.1. The molecule has 0 nitrogen and oxygen atoms in total. The van der Waals surface area contributed by atoms with Crippen molar-refractivity contribution in [3.8, 4) is 11.1 Å². The summed E-state index contributed by atoms with van der Waals surface area (Å²) >= 11 is 1.62. The van der Waals surface area contributed by atoms with Crippen molar-refractivity contribution in [1.29, 1.82) is 0 Å². The van der Waals surface area contributed by atoms with E-state index in [0.717, 1.165) is 0 Å². The van der Waals surface area contributed by atoms with Crippen LogP contribution in [-0.2, 0) is 0 Å². The van der Waals surface area contributed by atoms with Gasteiger partial charge in [-0.3, -0.25) is 0 Å². The van der Waals surface area contributed by atoms with E-state index in [4.69, 9.17) is 0 Å². The van der Waals surface area contributed by atoms with E-state index in [0.29, 0.717) is 0 Å². The smallest absolute Gasteiger partial charge is 0.0449 e. The summed E-state index contributed by atoms with van der Waals surface area (Å²) in [5.74, 6) is 0. The minimum Gasteiger partial charge on any atom is -0.142 e. The van der Waals surface area contributed by atoms with Crippen LogP contribution in [-0.4, -0.2) is 0 Å². The molecule has 0 fully saturated rings. The van der Waals surface area contributed by atoms with Crippen LogP contribution < -0.4 is 0 Å². The summed E-state index contributed by atoms with van der Waals surface area (Å²) in [6.07, 6.45) is 0. The van der Waals surface area contributed by atoms with Crippen LogP contribution in [0.2, 0.25) is 0 Å². The van der Waals surface area contributed by atoms with Crippen LogP contribution in [0.5, 0.6) is 0 Å². The van der Waals surface area contributed by atoms with Gasteiger partial charge in [0.2, 0.25) is 0 Å². The number of hydrogen-bond acceptors (Lipinski definition) is 1. The molecule has 0 atom stereocenters. The van der Waals surface area contributed by atoms with E-state index in [1.54, 1.807) is 11.3 Å². The second-order valence-electron chi connectivity index (χ2n) is 2.77. The van der Waals surface area contributed by atoms with Gasteiger partial charge < -0.3 is 0 Å². The lowest BCUT2D eigenvalue weighted by Crippen LogP contribution is -1.78. The van der Waals surface area contributed by atoms with Crippen molar-refractivity contribution in [2.24, 2.45) is 0 Å². The third kappa shape index (κ3) is 1.28. The van der Waals surface area contributed by atoms with Crippen molar-refractivity contribution in [3.63, 3.8) is 0 Å². The predicted octanol–water partition coefficient (Wildman–Crippen LogP) is 3.52. The van der Waals surface area contributed by atoms with Gasteiger partial charge in [-0.2, -0.15) is 0 Å². The zero-order valence-electron chi connectivity index (χ0n) is 6.87. The molecule has 1 aromatic carbocycles. The highest BCUT2D eigenvalue weighted by atomic mass is 32.1. The molecule has 0 bridgehead atoms. The third-order valence-corrected chi connectivity index (χ3v) is 2.55. The summed E-state index contributed by atoms with van der Waals surface area (Å²) in [5, 5.41) is 5.22. The molecule has 0 amide bonds. The SMILES string of the molecule is Cc1ccccc1-c1c[c]sc1. The van der Waals surface area contributed by atoms with Crippen LogP contribution >= 0.6 is 11.3 Å². The van der Waals surface area contributed by atoms with Gasteiger partial charge in [0, 0.05) is 5.38 Å². The standard InChI is InChI=1S/C11H9S/c1-9-4-2-3-5-11(9)10-6-7-12-8-10/h2-6,8H,1H3. The molecule has 0 aliphatic rings. The maximum Gasteiger partial charge on any atom is 0.0449 e. The molecule has 0 aliphatic heterocycles. The summed E-state index contributed by atoms with van der Waals surface area (Å²) < 4.78 is 0. The van der Waals surface area contributed by atoms with Crippen molar-refractivity contribution in [3.05, 3.63) is 46.7 Å². The van der Waals surface area contributed by atoms with Gasteiger partial charge in [-0.25, -0.2) is 0 Å². The molecule has 0 spiro atoms. The van der Waals surface area contributed by atoms with Crippen molar-refractivity contribution < 1.29 is 0 Å². The van der Waals surface area contributed by atoms with Crippen LogP contribution in [0.15, 0.2) is 35.7 Å². The topological polar surface area (TPSA) is 0 Å². The Labute approximate surface area is 76.5 Å². The molecule has 2 aromatic rings. The van der Waals surface area contributed by atoms with Gasteiger partial charge in [-0.1, -0.05) is 24.3 Å². The van der Waals surface area contributed by atoms with Gasteiger partial charge in [-0.05, 0) is 35.1 Å². The van der Waals surface area contributed by atoms with E-state index < -0.39 is 0 Å². The van der Waals surface area contributed by atoms with Crippen molar-refractivity contribution >= 4 is 11.3 Å². The molecular weight excluding hydrogens is 164 g/mol.